The molecule has 1 unspecified atom stereocenters. The molecule has 0 bridgehead atoms. The van der Waals surface area contributed by atoms with Gasteiger partial charge in [-0.1, -0.05) is 29.3 Å². The average Bonchev–Trinajstić information content (AvgIpc) is 3.08. The van der Waals surface area contributed by atoms with Crippen molar-refractivity contribution in [3.05, 3.63) is 81.4 Å². The highest BCUT2D eigenvalue weighted by molar-refractivity contribution is 6.42. The highest BCUT2D eigenvalue weighted by atomic mass is 35.5. The minimum Gasteiger partial charge on any atom is -0.324 e. The minimum absolute atomic E-state index is 0.0924. The normalized spacial score (nSPS) is 16.4. The molecular weight excluding hydrogens is 419 g/mol. The van der Waals surface area contributed by atoms with E-state index in [4.69, 9.17) is 23.2 Å². The number of fused-ring (bicyclic) bond motifs is 1. The average molecular weight is 429 g/mol. The molecule has 1 atom stereocenters. The molecule has 144 valence electrons. The Morgan fingerprint density at radius 3 is 2.36 bits per heavy atom. The van der Waals surface area contributed by atoms with Gasteiger partial charge in [0.15, 0.2) is 0 Å². The summed E-state index contributed by atoms with van der Waals surface area (Å²) in [6.45, 7) is 0. The fourth-order valence-electron chi connectivity index (χ4n) is 2.84. The van der Waals surface area contributed by atoms with Crippen LogP contribution in [0.4, 0.5) is 23.5 Å². The first-order valence-corrected chi connectivity index (χ1v) is 8.71. The number of halogens is 6. The van der Waals surface area contributed by atoms with Gasteiger partial charge in [0.05, 0.1) is 10.0 Å². The van der Waals surface area contributed by atoms with E-state index in [-0.39, 0.29) is 11.0 Å². The number of alkyl halides is 3. The van der Waals surface area contributed by atoms with Gasteiger partial charge in [0.1, 0.15) is 11.9 Å². The van der Waals surface area contributed by atoms with E-state index in [2.05, 4.69) is 15.4 Å². The molecule has 0 saturated heterocycles. The Kier molecular flexibility index (Phi) is 4.55. The maximum Gasteiger partial charge on any atom is 0.453 e. The van der Waals surface area contributed by atoms with Crippen LogP contribution in [0.1, 0.15) is 23.0 Å². The predicted octanol–water partition coefficient (Wildman–Crippen LogP) is 5.80. The number of nitrogens with zero attached hydrogens (tertiary/aromatic N) is 3. The van der Waals surface area contributed by atoms with E-state index in [1.165, 1.54) is 24.3 Å². The molecule has 2 aromatic carbocycles. The van der Waals surface area contributed by atoms with Gasteiger partial charge in [-0.2, -0.15) is 18.2 Å². The SMILES string of the molecule is Fc1ccc(C2=CC(c3ccc(Cl)c(Cl)c3)n3nc(C(F)(F)F)nc3N2)cc1. The van der Waals surface area contributed by atoms with Gasteiger partial charge in [-0.15, -0.1) is 5.10 Å². The highest BCUT2D eigenvalue weighted by Gasteiger charge is 2.39. The van der Waals surface area contributed by atoms with Crippen LogP contribution >= 0.6 is 23.2 Å². The first-order valence-electron chi connectivity index (χ1n) is 7.96. The summed E-state index contributed by atoms with van der Waals surface area (Å²) in [7, 11) is 0. The first kappa shape index (κ1) is 18.8. The van der Waals surface area contributed by atoms with Crippen molar-refractivity contribution < 1.29 is 17.6 Å². The minimum atomic E-state index is -4.70. The van der Waals surface area contributed by atoms with E-state index in [1.807, 2.05) is 0 Å². The monoisotopic (exact) mass is 428 g/mol. The Morgan fingerprint density at radius 2 is 1.71 bits per heavy atom. The van der Waals surface area contributed by atoms with E-state index in [9.17, 15) is 17.6 Å². The van der Waals surface area contributed by atoms with Gasteiger partial charge in [0, 0.05) is 5.70 Å². The number of anilines is 1. The van der Waals surface area contributed by atoms with E-state index in [0.29, 0.717) is 21.8 Å². The molecule has 0 fully saturated rings. The standard InChI is InChI=1S/C18H10Cl2F4N4/c19-12-6-3-10(7-13(12)20)15-8-14(9-1-4-11(21)5-2-9)25-17-26-16(18(22,23)24)27-28(15)17/h1-8,15H,(H,25,26,27). The van der Waals surface area contributed by atoms with Crippen molar-refractivity contribution in [2.24, 2.45) is 0 Å². The van der Waals surface area contributed by atoms with Crippen LogP contribution in [0.3, 0.4) is 0 Å². The smallest absolute Gasteiger partial charge is 0.324 e. The summed E-state index contributed by atoms with van der Waals surface area (Å²) in [5, 5.41) is 7.00. The summed E-state index contributed by atoms with van der Waals surface area (Å²) in [6, 6.07) is 9.55. The Bertz CT molecular complexity index is 1070. The molecule has 0 spiro atoms. The Hall–Kier alpha value is -2.58. The second-order valence-electron chi connectivity index (χ2n) is 6.03. The van der Waals surface area contributed by atoms with Crippen molar-refractivity contribution in [3.63, 3.8) is 0 Å². The summed E-state index contributed by atoms with van der Waals surface area (Å²) in [5.41, 5.74) is 1.61. The van der Waals surface area contributed by atoms with Crippen LogP contribution in [0.2, 0.25) is 10.0 Å². The molecule has 0 amide bonds. The number of hydrogen-bond acceptors (Lipinski definition) is 3. The van der Waals surface area contributed by atoms with Crippen molar-refractivity contribution in [2.75, 3.05) is 5.32 Å². The molecule has 4 rings (SSSR count). The topological polar surface area (TPSA) is 42.7 Å². The van der Waals surface area contributed by atoms with Crippen LogP contribution in [0.15, 0.2) is 48.5 Å². The van der Waals surface area contributed by atoms with Crippen LogP contribution in [0, 0.1) is 5.82 Å². The third-order valence-electron chi connectivity index (χ3n) is 4.16. The third kappa shape index (κ3) is 3.45. The second kappa shape index (κ2) is 6.79. The van der Waals surface area contributed by atoms with Crippen LogP contribution in [0.5, 0.6) is 0 Å². The number of aromatic nitrogens is 3. The molecule has 28 heavy (non-hydrogen) atoms. The molecule has 10 heteroatoms. The van der Waals surface area contributed by atoms with Gasteiger partial charge in [0.2, 0.25) is 5.95 Å². The Balaban J connectivity index is 1.85. The Morgan fingerprint density at radius 1 is 1.00 bits per heavy atom. The van der Waals surface area contributed by atoms with Crippen molar-refractivity contribution in [2.45, 2.75) is 12.2 Å². The third-order valence-corrected chi connectivity index (χ3v) is 4.90. The lowest BCUT2D eigenvalue weighted by Crippen LogP contribution is -2.20. The number of allylic oxidation sites excluding steroid dienone is 1. The number of hydrogen-bond donors (Lipinski definition) is 1. The fraction of sp³-hybridized carbons (Fsp3) is 0.111. The lowest BCUT2D eigenvalue weighted by molar-refractivity contribution is -0.145. The fourth-order valence-corrected chi connectivity index (χ4v) is 3.15. The van der Waals surface area contributed by atoms with E-state index in [0.717, 1.165) is 4.68 Å². The molecule has 1 aliphatic rings. The van der Waals surface area contributed by atoms with Gasteiger partial charge in [0.25, 0.3) is 5.82 Å². The molecule has 3 aromatic rings. The predicted molar refractivity (Wildman–Crippen MR) is 97.6 cm³/mol. The van der Waals surface area contributed by atoms with Crippen LogP contribution in [-0.4, -0.2) is 14.8 Å². The van der Waals surface area contributed by atoms with Crippen molar-refractivity contribution in [1.29, 1.82) is 0 Å². The number of benzene rings is 2. The van der Waals surface area contributed by atoms with Crippen molar-refractivity contribution in [1.82, 2.24) is 14.8 Å². The maximum atomic E-state index is 13.2. The van der Waals surface area contributed by atoms with Gasteiger partial charge in [-0.05, 0) is 53.6 Å². The number of rotatable bonds is 2. The lowest BCUT2D eigenvalue weighted by atomic mass is 10.0. The zero-order chi connectivity index (χ0) is 20.1. The summed E-state index contributed by atoms with van der Waals surface area (Å²) in [6.07, 6.45) is -3.04. The molecule has 0 saturated carbocycles. The summed E-state index contributed by atoms with van der Waals surface area (Å²) in [5.74, 6) is -1.79. The molecule has 2 heterocycles. The van der Waals surface area contributed by atoms with Gasteiger partial charge in [-0.3, -0.25) is 0 Å². The van der Waals surface area contributed by atoms with Crippen molar-refractivity contribution in [3.8, 4) is 0 Å². The van der Waals surface area contributed by atoms with E-state index in [1.54, 1.807) is 24.3 Å². The molecule has 1 aliphatic heterocycles. The van der Waals surface area contributed by atoms with E-state index < -0.39 is 23.9 Å². The molecule has 1 aromatic heterocycles. The molecule has 4 nitrogen and oxygen atoms in total. The number of nitrogens with one attached hydrogen (secondary N) is 1. The molecular formula is C18H10Cl2F4N4. The molecule has 0 aliphatic carbocycles. The summed E-state index contributed by atoms with van der Waals surface area (Å²) >= 11 is 12.0. The second-order valence-corrected chi connectivity index (χ2v) is 6.85. The summed E-state index contributed by atoms with van der Waals surface area (Å²) in [4.78, 5) is 3.57. The lowest BCUT2D eigenvalue weighted by Gasteiger charge is -2.24. The van der Waals surface area contributed by atoms with Gasteiger partial charge >= 0.3 is 6.18 Å². The summed E-state index contributed by atoms with van der Waals surface area (Å²) < 4.78 is 53.7. The molecule has 0 radical (unpaired) electrons. The Labute approximate surface area is 166 Å². The van der Waals surface area contributed by atoms with Crippen molar-refractivity contribution >= 4 is 34.8 Å². The largest absolute Gasteiger partial charge is 0.453 e. The van der Waals surface area contributed by atoms with Gasteiger partial charge < -0.3 is 5.32 Å². The van der Waals surface area contributed by atoms with Crippen LogP contribution in [-0.2, 0) is 6.18 Å². The first-order chi connectivity index (χ1) is 13.2. The van der Waals surface area contributed by atoms with Crippen LogP contribution in [0.25, 0.3) is 5.70 Å². The maximum absolute atomic E-state index is 13.2. The molecule has 1 N–H and O–H groups in total. The zero-order valence-electron chi connectivity index (χ0n) is 13.8. The van der Waals surface area contributed by atoms with E-state index >= 15 is 0 Å². The highest BCUT2D eigenvalue weighted by Crippen LogP contribution is 2.37. The quantitative estimate of drug-likeness (QED) is 0.524. The van der Waals surface area contributed by atoms with Crippen LogP contribution < -0.4 is 5.32 Å². The zero-order valence-corrected chi connectivity index (χ0v) is 15.3. The van der Waals surface area contributed by atoms with Gasteiger partial charge in [-0.25, -0.2) is 9.07 Å².